The fraction of sp³-hybridized carbons (Fsp3) is 0.462. The van der Waals surface area contributed by atoms with Crippen molar-refractivity contribution in [2.45, 2.75) is 18.9 Å². The van der Waals surface area contributed by atoms with Crippen LogP contribution >= 0.6 is 28.3 Å². The molecular formula is C13H18BrClN2O. The van der Waals surface area contributed by atoms with Crippen LogP contribution in [0.5, 0.6) is 0 Å². The molecule has 1 amide bonds. The molecule has 1 aliphatic heterocycles. The molecule has 0 radical (unpaired) electrons. The van der Waals surface area contributed by atoms with Crippen molar-refractivity contribution in [1.29, 1.82) is 0 Å². The van der Waals surface area contributed by atoms with Crippen LogP contribution in [-0.2, 0) is 0 Å². The van der Waals surface area contributed by atoms with Gasteiger partial charge in [-0.2, -0.15) is 0 Å². The van der Waals surface area contributed by atoms with Crippen molar-refractivity contribution >= 4 is 34.2 Å². The number of carbonyl (C=O) groups excluding carboxylic acids is 1. The van der Waals surface area contributed by atoms with Gasteiger partial charge in [-0.3, -0.25) is 4.79 Å². The van der Waals surface area contributed by atoms with Crippen LogP contribution in [0.15, 0.2) is 28.7 Å². The summed E-state index contributed by atoms with van der Waals surface area (Å²) in [6.45, 7) is 1.68. The second kappa shape index (κ2) is 7.12. The number of halogens is 2. The van der Waals surface area contributed by atoms with Crippen LogP contribution in [0.4, 0.5) is 0 Å². The zero-order valence-corrected chi connectivity index (χ0v) is 12.8. The lowest BCUT2D eigenvalue weighted by molar-refractivity contribution is 0.0698. The van der Waals surface area contributed by atoms with Crippen LogP contribution < -0.4 is 5.32 Å². The van der Waals surface area contributed by atoms with Gasteiger partial charge in [0, 0.05) is 29.2 Å². The SMILES string of the molecule is CNC1CCCN(C(=O)c2ccc(Br)cc2)C1.Cl. The van der Waals surface area contributed by atoms with E-state index in [4.69, 9.17) is 0 Å². The highest BCUT2D eigenvalue weighted by atomic mass is 79.9. The first-order valence-electron chi connectivity index (χ1n) is 5.93. The molecule has 0 spiro atoms. The van der Waals surface area contributed by atoms with E-state index in [2.05, 4.69) is 21.2 Å². The molecule has 2 rings (SSSR count). The number of amides is 1. The lowest BCUT2D eigenvalue weighted by Crippen LogP contribution is -2.46. The molecule has 1 aromatic carbocycles. The van der Waals surface area contributed by atoms with E-state index >= 15 is 0 Å². The first kappa shape index (κ1) is 15.5. The minimum Gasteiger partial charge on any atom is -0.337 e. The molecule has 3 nitrogen and oxygen atoms in total. The van der Waals surface area contributed by atoms with Gasteiger partial charge in [-0.15, -0.1) is 12.4 Å². The van der Waals surface area contributed by atoms with Gasteiger partial charge in [0.15, 0.2) is 0 Å². The van der Waals surface area contributed by atoms with Gasteiger partial charge >= 0.3 is 0 Å². The Bertz CT molecular complexity index is 396. The van der Waals surface area contributed by atoms with E-state index in [9.17, 15) is 4.79 Å². The number of carbonyl (C=O) groups is 1. The van der Waals surface area contributed by atoms with E-state index in [1.54, 1.807) is 0 Å². The summed E-state index contributed by atoms with van der Waals surface area (Å²) in [5, 5.41) is 3.25. The van der Waals surface area contributed by atoms with Gasteiger partial charge < -0.3 is 10.2 Å². The third-order valence-electron chi connectivity index (χ3n) is 3.21. The summed E-state index contributed by atoms with van der Waals surface area (Å²) in [6, 6.07) is 7.99. The number of hydrogen-bond donors (Lipinski definition) is 1. The molecular weight excluding hydrogens is 316 g/mol. The molecule has 1 unspecified atom stereocenters. The summed E-state index contributed by atoms with van der Waals surface area (Å²) in [7, 11) is 1.96. The van der Waals surface area contributed by atoms with Crippen LogP contribution in [0.2, 0.25) is 0 Å². The summed E-state index contributed by atoms with van der Waals surface area (Å²) in [5.41, 5.74) is 0.768. The quantitative estimate of drug-likeness (QED) is 0.902. The Morgan fingerprint density at radius 3 is 2.67 bits per heavy atom. The van der Waals surface area contributed by atoms with Gasteiger partial charge in [0.2, 0.25) is 0 Å². The van der Waals surface area contributed by atoms with Crippen molar-refractivity contribution in [3.05, 3.63) is 34.3 Å². The number of benzene rings is 1. The normalized spacial score (nSPS) is 19.2. The van der Waals surface area contributed by atoms with E-state index in [0.29, 0.717) is 6.04 Å². The van der Waals surface area contributed by atoms with Crippen LogP contribution in [0.1, 0.15) is 23.2 Å². The Balaban J connectivity index is 0.00000162. The maximum Gasteiger partial charge on any atom is 0.253 e. The Kier molecular flexibility index (Phi) is 6.12. The van der Waals surface area contributed by atoms with E-state index < -0.39 is 0 Å². The highest BCUT2D eigenvalue weighted by Gasteiger charge is 2.23. The van der Waals surface area contributed by atoms with E-state index in [0.717, 1.165) is 36.0 Å². The van der Waals surface area contributed by atoms with Crippen LogP contribution in [-0.4, -0.2) is 37.0 Å². The molecule has 0 aromatic heterocycles. The molecule has 1 aliphatic rings. The molecule has 5 heteroatoms. The largest absolute Gasteiger partial charge is 0.337 e. The van der Waals surface area contributed by atoms with Gasteiger partial charge in [-0.1, -0.05) is 15.9 Å². The van der Waals surface area contributed by atoms with Crippen LogP contribution in [0, 0.1) is 0 Å². The minimum absolute atomic E-state index is 0. The van der Waals surface area contributed by atoms with Crippen molar-refractivity contribution in [1.82, 2.24) is 10.2 Å². The van der Waals surface area contributed by atoms with Crippen molar-refractivity contribution < 1.29 is 4.79 Å². The summed E-state index contributed by atoms with van der Waals surface area (Å²) in [6.07, 6.45) is 2.23. The molecule has 0 aliphatic carbocycles. The van der Waals surface area contributed by atoms with Gasteiger partial charge in [0.1, 0.15) is 0 Å². The fourth-order valence-electron chi connectivity index (χ4n) is 2.17. The Labute approximate surface area is 122 Å². The Morgan fingerprint density at radius 2 is 2.06 bits per heavy atom. The fourth-order valence-corrected chi connectivity index (χ4v) is 2.44. The van der Waals surface area contributed by atoms with Crippen molar-refractivity contribution in [3.63, 3.8) is 0 Å². The second-order valence-corrected chi connectivity index (χ2v) is 5.30. The first-order valence-corrected chi connectivity index (χ1v) is 6.72. The molecule has 1 fully saturated rings. The zero-order chi connectivity index (χ0) is 12.3. The number of nitrogens with zero attached hydrogens (tertiary/aromatic N) is 1. The number of hydrogen-bond acceptors (Lipinski definition) is 2. The number of rotatable bonds is 2. The molecule has 0 saturated carbocycles. The van der Waals surface area contributed by atoms with E-state index in [-0.39, 0.29) is 18.3 Å². The van der Waals surface area contributed by atoms with Crippen molar-refractivity contribution in [3.8, 4) is 0 Å². The summed E-state index contributed by atoms with van der Waals surface area (Å²) >= 11 is 3.38. The van der Waals surface area contributed by atoms with Gasteiger partial charge in [-0.05, 0) is 44.2 Å². The molecule has 1 atom stereocenters. The van der Waals surface area contributed by atoms with E-state index in [1.165, 1.54) is 0 Å². The smallest absolute Gasteiger partial charge is 0.253 e. The van der Waals surface area contributed by atoms with Gasteiger partial charge in [0.05, 0.1) is 0 Å². The Morgan fingerprint density at radius 1 is 1.39 bits per heavy atom. The zero-order valence-electron chi connectivity index (χ0n) is 10.4. The third-order valence-corrected chi connectivity index (χ3v) is 3.74. The summed E-state index contributed by atoms with van der Waals surface area (Å²) < 4.78 is 1.00. The maximum absolute atomic E-state index is 12.3. The topological polar surface area (TPSA) is 32.3 Å². The maximum atomic E-state index is 12.3. The van der Waals surface area contributed by atoms with Crippen LogP contribution in [0.25, 0.3) is 0 Å². The highest BCUT2D eigenvalue weighted by molar-refractivity contribution is 9.10. The first-order chi connectivity index (χ1) is 8.20. The number of likely N-dealkylation sites (tertiary alicyclic amines) is 1. The second-order valence-electron chi connectivity index (χ2n) is 4.39. The van der Waals surface area contributed by atoms with Gasteiger partial charge in [0.25, 0.3) is 5.91 Å². The van der Waals surface area contributed by atoms with E-state index in [1.807, 2.05) is 36.2 Å². The number of likely N-dealkylation sites (N-methyl/N-ethyl adjacent to an activating group) is 1. The Hall–Kier alpha value is -0.580. The average Bonchev–Trinajstić information content (AvgIpc) is 2.39. The molecule has 100 valence electrons. The monoisotopic (exact) mass is 332 g/mol. The van der Waals surface area contributed by atoms with Crippen LogP contribution in [0.3, 0.4) is 0 Å². The molecule has 18 heavy (non-hydrogen) atoms. The molecule has 1 N–H and O–H groups in total. The molecule has 1 aromatic rings. The number of nitrogens with one attached hydrogen (secondary N) is 1. The third kappa shape index (κ3) is 3.70. The van der Waals surface area contributed by atoms with Crippen molar-refractivity contribution in [2.24, 2.45) is 0 Å². The molecule has 0 bridgehead atoms. The molecule has 1 saturated heterocycles. The lowest BCUT2D eigenvalue weighted by atomic mass is 10.0. The number of piperidine rings is 1. The standard InChI is InChI=1S/C13H17BrN2O.ClH/c1-15-12-3-2-8-16(9-12)13(17)10-4-6-11(14)7-5-10;/h4-7,12,15H,2-3,8-9H2,1H3;1H. The summed E-state index contributed by atoms with van der Waals surface area (Å²) in [4.78, 5) is 14.2. The average molecular weight is 334 g/mol. The summed E-state index contributed by atoms with van der Waals surface area (Å²) in [5.74, 6) is 0.137. The van der Waals surface area contributed by atoms with Gasteiger partial charge in [-0.25, -0.2) is 0 Å². The predicted octanol–water partition coefficient (Wildman–Crippen LogP) is 2.69. The van der Waals surface area contributed by atoms with Crippen molar-refractivity contribution in [2.75, 3.05) is 20.1 Å². The highest BCUT2D eigenvalue weighted by Crippen LogP contribution is 2.16. The minimum atomic E-state index is 0. The predicted molar refractivity (Wildman–Crippen MR) is 79.4 cm³/mol. The lowest BCUT2D eigenvalue weighted by Gasteiger charge is -2.32. The molecule has 1 heterocycles.